The minimum Gasteiger partial charge on any atom is -0.391 e. The van der Waals surface area contributed by atoms with Gasteiger partial charge in [0, 0.05) is 31.4 Å². The van der Waals surface area contributed by atoms with Crippen LogP contribution in [0.5, 0.6) is 0 Å². The number of alkyl halides is 3. The Morgan fingerprint density at radius 2 is 1.97 bits per heavy atom. The van der Waals surface area contributed by atoms with Gasteiger partial charge in [0.2, 0.25) is 0 Å². The van der Waals surface area contributed by atoms with Crippen molar-refractivity contribution < 1.29 is 22.7 Å². The number of rotatable bonds is 4. The van der Waals surface area contributed by atoms with Crippen LogP contribution in [0.2, 0.25) is 0 Å². The average molecular weight is 467 g/mol. The average Bonchev–Trinajstić information content (AvgIpc) is 3.16. The third-order valence-electron chi connectivity index (χ3n) is 5.66. The van der Waals surface area contributed by atoms with Crippen LogP contribution in [0.15, 0.2) is 40.1 Å². The van der Waals surface area contributed by atoms with Crippen molar-refractivity contribution in [2.45, 2.75) is 31.7 Å². The number of aliphatic hydroxyl groups excluding tert-OH is 1. The van der Waals surface area contributed by atoms with Gasteiger partial charge in [-0.05, 0) is 19.4 Å². The van der Waals surface area contributed by atoms with Gasteiger partial charge in [0.05, 0.1) is 35.0 Å². The van der Waals surface area contributed by atoms with Crippen LogP contribution in [0.25, 0.3) is 10.8 Å². The Kier molecular flexibility index (Phi) is 5.64. The lowest BCUT2D eigenvalue weighted by Crippen LogP contribution is -2.41. The molecule has 33 heavy (non-hydrogen) atoms. The molecule has 1 aliphatic heterocycles. The van der Waals surface area contributed by atoms with E-state index >= 15 is 0 Å². The minimum atomic E-state index is -4.85. The Morgan fingerprint density at radius 1 is 1.24 bits per heavy atom. The maximum absolute atomic E-state index is 14.6. The molecule has 2 atom stereocenters. The summed E-state index contributed by atoms with van der Waals surface area (Å²) in [5, 5.41) is 18.7. The molecule has 2 aromatic heterocycles. The van der Waals surface area contributed by atoms with Crippen LogP contribution in [-0.4, -0.2) is 38.8 Å². The lowest BCUT2D eigenvalue weighted by Gasteiger charge is -2.22. The Hall–Kier alpha value is -3.41. The number of nitrogens with one attached hydrogen (secondary N) is 1. The molecule has 8 nitrogen and oxygen atoms in total. The lowest BCUT2D eigenvalue weighted by atomic mass is 10.0. The number of β-amino-alcohol motifs (C(OH)–C–C–N with tert-alkyl or cyclic N) is 1. The Balaban J connectivity index is 1.80. The normalized spacial score (nSPS) is 17.5. The summed E-state index contributed by atoms with van der Waals surface area (Å²) in [4.78, 5) is 25.2. The molecule has 1 aromatic carbocycles. The molecule has 4 rings (SSSR count). The van der Waals surface area contributed by atoms with Gasteiger partial charge in [-0.1, -0.05) is 12.1 Å². The molecule has 176 valence electrons. The van der Waals surface area contributed by atoms with E-state index in [1.165, 1.54) is 30.9 Å². The maximum Gasteiger partial charge on any atom is 0.419 e. The highest BCUT2D eigenvalue weighted by Crippen LogP contribution is 2.34. The van der Waals surface area contributed by atoms with Gasteiger partial charge in [-0.25, -0.2) is 13.7 Å². The molecule has 0 bridgehead atoms. The molecule has 1 aliphatic rings. The van der Waals surface area contributed by atoms with Crippen LogP contribution < -0.4 is 21.4 Å². The zero-order valence-corrected chi connectivity index (χ0v) is 17.7. The number of pyridine rings is 1. The van der Waals surface area contributed by atoms with Gasteiger partial charge in [0.15, 0.2) is 5.82 Å². The van der Waals surface area contributed by atoms with Crippen molar-refractivity contribution in [2.24, 2.45) is 7.05 Å². The fraction of sp³-hybridized carbons (Fsp3) is 0.381. The molecule has 2 N–H and O–H groups in total. The van der Waals surface area contributed by atoms with Crippen molar-refractivity contribution >= 4 is 16.6 Å². The third-order valence-corrected chi connectivity index (χ3v) is 5.66. The zero-order valence-electron chi connectivity index (χ0n) is 17.7. The summed E-state index contributed by atoms with van der Waals surface area (Å²) in [6.45, 7) is 2.10. The van der Waals surface area contributed by atoms with Gasteiger partial charge in [-0.15, -0.1) is 0 Å². The first-order valence-corrected chi connectivity index (χ1v) is 10.2. The first-order chi connectivity index (χ1) is 15.5. The van der Waals surface area contributed by atoms with Crippen LogP contribution in [0.4, 0.5) is 23.4 Å². The SMILES string of the molecule is C[C@@H](Nc1nn(C)c(=O)c2cc(=O)n(N3CCC(O)C3)cc12)c1cccc(C(F)(F)F)c1F. The van der Waals surface area contributed by atoms with Gasteiger partial charge in [0.25, 0.3) is 11.1 Å². The predicted molar refractivity (Wildman–Crippen MR) is 113 cm³/mol. The molecule has 3 heterocycles. The number of fused-ring (bicyclic) bond motifs is 1. The predicted octanol–water partition coefficient (Wildman–Crippen LogP) is 2.13. The van der Waals surface area contributed by atoms with Crippen LogP contribution in [-0.2, 0) is 13.2 Å². The highest BCUT2D eigenvalue weighted by atomic mass is 19.4. The van der Waals surface area contributed by atoms with E-state index in [0.717, 1.165) is 16.8 Å². The highest BCUT2D eigenvalue weighted by Gasteiger charge is 2.35. The van der Waals surface area contributed by atoms with Crippen LogP contribution >= 0.6 is 0 Å². The molecule has 0 aliphatic carbocycles. The first kappa shape index (κ1) is 22.8. The number of aromatic nitrogens is 3. The summed E-state index contributed by atoms with van der Waals surface area (Å²) in [6, 6.07) is 3.20. The number of halogens is 4. The summed E-state index contributed by atoms with van der Waals surface area (Å²) in [5.41, 5.74) is -2.64. The van der Waals surface area contributed by atoms with E-state index in [-0.39, 0.29) is 28.7 Å². The van der Waals surface area contributed by atoms with E-state index in [1.54, 1.807) is 5.01 Å². The van der Waals surface area contributed by atoms with Gasteiger partial charge < -0.3 is 15.4 Å². The highest BCUT2D eigenvalue weighted by molar-refractivity contribution is 5.90. The summed E-state index contributed by atoms with van der Waals surface area (Å²) in [5.74, 6) is -1.31. The second kappa shape index (κ2) is 8.18. The topological polar surface area (TPSA) is 92.4 Å². The lowest BCUT2D eigenvalue weighted by molar-refractivity contribution is -0.140. The molecule has 0 spiro atoms. The minimum absolute atomic E-state index is 0.0488. The molecular formula is C21H21F4N5O3. The summed E-state index contributed by atoms with van der Waals surface area (Å²) < 4.78 is 56.2. The van der Waals surface area contributed by atoms with Gasteiger partial charge in [0.1, 0.15) is 5.82 Å². The molecule has 0 saturated carbocycles. The van der Waals surface area contributed by atoms with Gasteiger partial charge in [-0.2, -0.15) is 18.3 Å². The number of hydrogen-bond acceptors (Lipinski definition) is 6. The number of benzene rings is 1. The van der Waals surface area contributed by atoms with E-state index in [1.807, 2.05) is 0 Å². The number of anilines is 1. The molecule has 12 heteroatoms. The fourth-order valence-electron chi connectivity index (χ4n) is 3.95. The van der Waals surface area contributed by atoms with E-state index in [9.17, 15) is 32.3 Å². The quantitative estimate of drug-likeness (QED) is 0.572. The monoisotopic (exact) mass is 467 g/mol. The standard InChI is InChI=1S/C21H21F4N5O3/c1-11(13-4-3-5-16(18(13)22)21(23,24)25)26-19-15-10-30(29-7-6-12(31)9-29)17(32)8-14(15)20(33)28(2)27-19/h3-5,8,10-12,31H,6-7,9H2,1-2H3,(H,26,27)/t11-,12?/m1/s1. The van der Waals surface area contributed by atoms with Gasteiger partial charge in [-0.3, -0.25) is 9.59 Å². The summed E-state index contributed by atoms with van der Waals surface area (Å²) in [6.07, 6.45) is -3.59. The van der Waals surface area contributed by atoms with Crippen molar-refractivity contribution in [3.63, 3.8) is 0 Å². The van der Waals surface area contributed by atoms with Crippen molar-refractivity contribution in [1.29, 1.82) is 0 Å². The smallest absolute Gasteiger partial charge is 0.391 e. The molecular weight excluding hydrogens is 446 g/mol. The van der Waals surface area contributed by atoms with E-state index in [4.69, 9.17) is 0 Å². The number of hydrogen-bond donors (Lipinski definition) is 2. The second-order valence-electron chi connectivity index (χ2n) is 7.99. The van der Waals surface area contributed by atoms with Crippen molar-refractivity contribution in [3.05, 3.63) is 68.1 Å². The number of aryl methyl sites for hydroxylation is 1. The number of nitrogens with zero attached hydrogens (tertiary/aromatic N) is 4. The molecule has 1 saturated heterocycles. The van der Waals surface area contributed by atoms with Crippen LogP contribution in [0, 0.1) is 5.82 Å². The van der Waals surface area contributed by atoms with Crippen molar-refractivity contribution in [1.82, 2.24) is 14.5 Å². The van der Waals surface area contributed by atoms with E-state index < -0.39 is 40.8 Å². The first-order valence-electron chi connectivity index (χ1n) is 10.2. The molecule has 0 radical (unpaired) electrons. The Bertz CT molecular complexity index is 1330. The number of aliphatic hydroxyl groups is 1. The third kappa shape index (κ3) is 4.17. The van der Waals surface area contributed by atoms with Crippen LogP contribution in [0.3, 0.4) is 0 Å². The second-order valence-corrected chi connectivity index (χ2v) is 7.99. The van der Waals surface area contributed by atoms with Crippen LogP contribution in [0.1, 0.15) is 30.5 Å². The fourth-order valence-corrected chi connectivity index (χ4v) is 3.95. The Labute approximate surface area is 184 Å². The van der Waals surface area contributed by atoms with Gasteiger partial charge >= 0.3 is 6.18 Å². The van der Waals surface area contributed by atoms with E-state index in [2.05, 4.69) is 10.4 Å². The zero-order chi connectivity index (χ0) is 24.1. The largest absolute Gasteiger partial charge is 0.419 e. The molecule has 3 aromatic rings. The van der Waals surface area contributed by atoms with Crippen molar-refractivity contribution in [3.8, 4) is 0 Å². The Morgan fingerprint density at radius 3 is 2.61 bits per heavy atom. The van der Waals surface area contributed by atoms with Crippen molar-refractivity contribution in [2.75, 3.05) is 23.4 Å². The summed E-state index contributed by atoms with van der Waals surface area (Å²) >= 11 is 0. The molecule has 1 unspecified atom stereocenters. The van der Waals surface area contributed by atoms with E-state index in [0.29, 0.717) is 19.0 Å². The molecule has 1 fully saturated rings. The summed E-state index contributed by atoms with van der Waals surface area (Å²) in [7, 11) is 1.37. The molecule has 0 amide bonds. The maximum atomic E-state index is 14.6.